The van der Waals surface area contributed by atoms with E-state index >= 15 is 0 Å². The lowest BCUT2D eigenvalue weighted by atomic mass is 10.2. The number of ether oxygens (including phenoxy) is 2. The largest absolute Gasteiger partial charge is 0.504 e. The maximum absolute atomic E-state index is 9.86. The van der Waals surface area contributed by atoms with Crippen molar-refractivity contribution in [3.05, 3.63) is 41.5 Å². The van der Waals surface area contributed by atoms with Crippen molar-refractivity contribution in [2.24, 2.45) is 0 Å². The summed E-state index contributed by atoms with van der Waals surface area (Å²) in [6, 6.07) is 9.22. The van der Waals surface area contributed by atoms with E-state index in [0.29, 0.717) is 13.2 Å². The Kier molecular flexibility index (Phi) is 3.71. The summed E-state index contributed by atoms with van der Waals surface area (Å²) in [5.41, 5.74) is 2.93. The molecule has 1 heterocycles. The van der Waals surface area contributed by atoms with Crippen LogP contribution in [0.15, 0.2) is 30.3 Å². The summed E-state index contributed by atoms with van der Waals surface area (Å²) in [6.45, 7) is 5.42. The van der Waals surface area contributed by atoms with E-state index in [9.17, 15) is 10.2 Å². The first-order chi connectivity index (χ1) is 10.5. The molecule has 0 saturated heterocycles. The minimum absolute atomic E-state index is 0.173. The molecule has 1 aliphatic rings. The predicted molar refractivity (Wildman–Crippen MR) is 84.0 cm³/mol. The topological polar surface area (TPSA) is 62.2 Å². The number of rotatable bonds is 3. The van der Waals surface area contributed by atoms with Gasteiger partial charge in [0.1, 0.15) is 12.4 Å². The number of aryl methyl sites for hydroxylation is 2. The van der Waals surface area contributed by atoms with Crippen LogP contribution in [0.2, 0.25) is 0 Å². The van der Waals surface area contributed by atoms with E-state index in [1.807, 2.05) is 36.9 Å². The van der Waals surface area contributed by atoms with Gasteiger partial charge >= 0.3 is 0 Å². The normalized spacial score (nSPS) is 13.5. The second kappa shape index (κ2) is 5.67. The molecule has 0 radical (unpaired) electrons. The van der Waals surface area contributed by atoms with Crippen molar-refractivity contribution >= 4 is 5.69 Å². The Morgan fingerprint density at radius 2 is 1.95 bits per heavy atom. The first-order valence-corrected chi connectivity index (χ1v) is 7.18. The number of fused-ring (bicyclic) bond motifs is 1. The SMILES string of the molecule is Cc1ccc2c(c1)OCCN2COc1cc(C)cc(O)c1O. The van der Waals surface area contributed by atoms with Crippen molar-refractivity contribution < 1.29 is 19.7 Å². The van der Waals surface area contributed by atoms with Crippen LogP contribution in [0.3, 0.4) is 0 Å². The molecule has 0 bridgehead atoms. The Morgan fingerprint density at radius 1 is 1.14 bits per heavy atom. The number of phenolic OH excluding ortho intramolecular Hbond substituents is 2. The molecule has 0 atom stereocenters. The molecule has 0 aromatic heterocycles. The lowest BCUT2D eigenvalue weighted by Crippen LogP contribution is -2.35. The van der Waals surface area contributed by atoms with Gasteiger partial charge in [-0.25, -0.2) is 0 Å². The van der Waals surface area contributed by atoms with Gasteiger partial charge in [0.05, 0.1) is 12.2 Å². The fraction of sp³-hybridized carbons (Fsp3) is 0.294. The van der Waals surface area contributed by atoms with Crippen molar-refractivity contribution in [2.45, 2.75) is 13.8 Å². The molecule has 2 aromatic rings. The summed E-state index contributed by atoms with van der Waals surface area (Å²) in [5, 5.41) is 19.5. The van der Waals surface area contributed by atoms with E-state index in [0.717, 1.165) is 22.6 Å². The highest BCUT2D eigenvalue weighted by atomic mass is 16.5. The van der Waals surface area contributed by atoms with Crippen LogP contribution >= 0.6 is 0 Å². The highest BCUT2D eigenvalue weighted by Crippen LogP contribution is 2.37. The first kappa shape index (κ1) is 14.4. The molecule has 0 saturated carbocycles. The number of aromatic hydroxyl groups is 2. The summed E-state index contributed by atoms with van der Waals surface area (Å²) in [5.74, 6) is 0.708. The fourth-order valence-electron chi connectivity index (χ4n) is 2.50. The lowest BCUT2D eigenvalue weighted by Gasteiger charge is -2.31. The Labute approximate surface area is 129 Å². The zero-order valence-corrected chi connectivity index (χ0v) is 12.7. The number of hydrogen-bond acceptors (Lipinski definition) is 5. The second-order valence-electron chi connectivity index (χ2n) is 5.49. The van der Waals surface area contributed by atoms with Crippen molar-refractivity contribution in [3.63, 3.8) is 0 Å². The molecule has 1 aliphatic heterocycles. The van der Waals surface area contributed by atoms with Gasteiger partial charge in [-0.2, -0.15) is 0 Å². The van der Waals surface area contributed by atoms with Gasteiger partial charge in [0.2, 0.25) is 5.75 Å². The van der Waals surface area contributed by atoms with E-state index in [1.54, 1.807) is 6.07 Å². The van der Waals surface area contributed by atoms with Crippen molar-refractivity contribution in [1.82, 2.24) is 0 Å². The van der Waals surface area contributed by atoms with Gasteiger partial charge in [-0.1, -0.05) is 6.07 Å². The molecule has 116 valence electrons. The van der Waals surface area contributed by atoms with E-state index < -0.39 is 0 Å². The number of benzene rings is 2. The van der Waals surface area contributed by atoms with E-state index in [4.69, 9.17) is 9.47 Å². The van der Waals surface area contributed by atoms with Crippen molar-refractivity contribution in [3.8, 4) is 23.0 Å². The highest BCUT2D eigenvalue weighted by molar-refractivity contribution is 5.61. The molecule has 5 heteroatoms. The van der Waals surface area contributed by atoms with Crippen LogP contribution < -0.4 is 14.4 Å². The van der Waals surface area contributed by atoms with Gasteiger partial charge in [-0.15, -0.1) is 0 Å². The van der Waals surface area contributed by atoms with Gasteiger partial charge in [-0.05, 0) is 49.2 Å². The molecule has 22 heavy (non-hydrogen) atoms. The van der Waals surface area contributed by atoms with Gasteiger partial charge in [0.25, 0.3) is 0 Å². The lowest BCUT2D eigenvalue weighted by molar-refractivity contribution is 0.255. The predicted octanol–water partition coefficient (Wildman–Crippen LogP) is 2.95. The third-order valence-electron chi connectivity index (χ3n) is 3.65. The molecule has 0 aliphatic carbocycles. The molecule has 5 nitrogen and oxygen atoms in total. The van der Waals surface area contributed by atoms with E-state index in [-0.39, 0.29) is 24.0 Å². The van der Waals surface area contributed by atoms with Crippen LogP contribution in [0.25, 0.3) is 0 Å². The van der Waals surface area contributed by atoms with E-state index in [2.05, 4.69) is 0 Å². The van der Waals surface area contributed by atoms with Crippen molar-refractivity contribution in [2.75, 3.05) is 24.8 Å². The summed E-state index contributed by atoms with van der Waals surface area (Å²) in [7, 11) is 0. The van der Waals surface area contributed by atoms with Crippen LogP contribution in [0.1, 0.15) is 11.1 Å². The smallest absolute Gasteiger partial charge is 0.200 e. The zero-order chi connectivity index (χ0) is 15.7. The number of nitrogens with zero attached hydrogens (tertiary/aromatic N) is 1. The number of hydrogen-bond donors (Lipinski definition) is 2. The summed E-state index contributed by atoms with van der Waals surface area (Å²) >= 11 is 0. The monoisotopic (exact) mass is 301 g/mol. The van der Waals surface area contributed by atoms with Crippen LogP contribution in [0, 0.1) is 13.8 Å². The van der Waals surface area contributed by atoms with Crippen LogP contribution in [-0.4, -0.2) is 30.1 Å². The Balaban J connectivity index is 1.79. The quantitative estimate of drug-likeness (QED) is 0.854. The molecular formula is C17H19NO4. The maximum atomic E-state index is 9.86. The van der Waals surface area contributed by atoms with E-state index in [1.165, 1.54) is 6.07 Å². The molecule has 3 rings (SSSR count). The minimum Gasteiger partial charge on any atom is -0.504 e. The summed E-state index contributed by atoms with van der Waals surface area (Å²) < 4.78 is 11.3. The Morgan fingerprint density at radius 3 is 2.77 bits per heavy atom. The van der Waals surface area contributed by atoms with Gasteiger partial charge in [0.15, 0.2) is 18.2 Å². The van der Waals surface area contributed by atoms with Gasteiger partial charge < -0.3 is 24.6 Å². The van der Waals surface area contributed by atoms with Crippen LogP contribution in [0.4, 0.5) is 5.69 Å². The molecule has 2 N–H and O–H groups in total. The molecule has 2 aromatic carbocycles. The molecule has 0 spiro atoms. The molecular weight excluding hydrogens is 282 g/mol. The van der Waals surface area contributed by atoms with Crippen LogP contribution in [-0.2, 0) is 0 Å². The number of anilines is 1. The minimum atomic E-state index is -0.233. The average molecular weight is 301 g/mol. The molecule has 0 unspecified atom stereocenters. The third kappa shape index (κ3) is 2.74. The Hall–Kier alpha value is -2.56. The maximum Gasteiger partial charge on any atom is 0.200 e. The summed E-state index contributed by atoms with van der Waals surface area (Å²) in [4.78, 5) is 2.04. The summed E-state index contributed by atoms with van der Waals surface area (Å²) in [6.07, 6.45) is 0. The van der Waals surface area contributed by atoms with Gasteiger partial charge in [-0.3, -0.25) is 0 Å². The van der Waals surface area contributed by atoms with Crippen molar-refractivity contribution in [1.29, 1.82) is 0 Å². The standard InChI is InChI=1S/C17H19NO4/c1-11-3-4-13-15(8-11)21-6-5-18(13)10-22-16-9-12(2)7-14(19)17(16)20/h3-4,7-9,19-20H,5-6,10H2,1-2H3. The second-order valence-corrected chi connectivity index (χ2v) is 5.49. The zero-order valence-electron chi connectivity index (χ0n) is 12.7. The van der Waals surface area contributed by atoms with Crippen LogP contribution in [0.5, 0.6) is 23.0 Å². The first-order valence-electron chi connectivity index (χ1n) is 7.18. The average Bonchev–Trinajstić information content (AvgIpc) is 2.49. The Bertz CT molecular complexity index is 699. The molecule has 0 fully saturated rings. The highest BCUT2D eigenvalue weighted by Gasteiger charge is 2.19. The molecule has 0 amide bonds. The number of phenols is 2. The van der Waals surface area contributed by atoms with Gasteiger partial charge in [0, 0.05) is 0 Å². The third-order valence-corrected chi connectivity index (χ3v) is 3.65. The fourth-order valence-corrected chi connectivity index (χ4v) is 2.50.